The summed E-state index contributed by atoms with van der Waals surface area (Å²) in [7, 11) is 0. The molecule has 2 atom stereocenters. The van der Waals surface area contributed by atoms with Crippen LogP contribution in [0.4, 0.5) is 0 Å². The molecule has 3 heteroatoms. The summed E-state index contributed by atoms with van der Waals surface area (Å²) in [5, 5.41) is 13.5. The van der Waals surface area contributed by atoms with E-state index in [1.54, 1.807) is 0 Å². The zero-order chi connectivity index (χ0) is 13.7. The molecule has 0 amide bonds. The summed E-state index contributed by atoms with van der Waals surface area (Å²) in [6, 6.07) is 0.653. The zero-order valence-electron chi connectivity index (χ0n) is 12.7. The predicted octanol–water partition coefficient (Wildman–Crippen LogP) is 2.58. The fourth-order valence-corrected chi connectivity index (χ4v) is 3.75. The van der Waals surface area contributed by atoms with E-state index in [9.17, 15) is 5.11 Å². The second kappa shape index (κ2) is 7.05. The fraction of sp³-hybridized carbons (Fsp3) is 1.00. The van der Waals surface area contributed by atoms with Crippen molar-refractivity contribution in [1.29, 1.82) is 0 Å². The first-order valence-electron chi connectivity index (χ1n) is 8.09. The van der Waals surface area contributed by atoms with E-state index in [-0.39, 0.29) is 5.41 Å². The first-order valence-corrected chi connectivity index (χ1v) is 8.09. The number of nitrogens with one attached hydrogen (secondary N) is 1. The number of ether oxygens (including phenoxy) is 1. The Morgan fingerprint density at radius 3 is 2.53 bits per heavy atom. The lowest BCUT2D eigenvalue weighted by Crippen LogP contribution is -2.48. The van der Waals surface area contributed by atoms with E-state index >= 15 is 0 Å². The Kier molecular flexibility index (Phi) is 5.67. The minimum absolute atomic E-state index is 0.0667. The third-order valence-corrected chi connectivity index (χ3v) is 5.30. The summed E-state index contributed by atoms with van der Waals surface area (Å²) in [5.74, 6) is 1.57. The van der Waals surface area contributed by atoms with Gasteiger partial charge in [-0.2, -0.15) is 0 Å². The molecule has 0 aromatic carbocycles. The van der Waals surface area contributed by atoms with Gasteiger partial charge in [-0.15, -0.1) is 0 Å². The van der Waals surface area contributed by atoms with Gasteiger partial charge in [0.2, 0.25) is 0 Å². The van der Waals surface area contributed by atoms with Gasteiger partial charge in [0.25, 0.3) is 0 Å². The molecule has 2 aliphatic rings. The highest BCUT2D eigenvalue weighted by molar-refractivity contribution is 4.88. The first-order chi connectivity index (χ1) is 9.17. The van der Waals surface area contributed by atoms with Crippen LogP contribution in [-0.2, 0) is 4.74 Å². The Balaban J connectivity index is 1.88. The van der Waals surface area contributed by atoms with Crippen LogP contribution in [0.1, 0.15) is 52.4 Å². The third-order valence-electron chi connectivity index (χ3n) is 5.30. The Labute approximate surface area is 118 Å². The molecule has 112 valence electrons. The van der Waals surface area contributed by atoms with E-state index in [0.717, 1.165) is 44.4 Å². The molecule has 1 saturated heterocycles. The molecule has 19 heavy (non-hydrogen) atoms. The number of rotatable bonds is 5. The molecule has 1 aliphatic heterocycles. The minimum atomic E-state index is 0.0667. The van der Waals surface area contributed by atoms with Gasteiger partial charge in [-0.1, -0.05) is 26.7 Å². The van der Waals surface area contributed by atoms with E-state index < -0.39 is 0 Å². The van der Waals surface area contributed by atoms with Crippen LogP contribution in [0.3, 0.4) is 0 Å². The standard InChI is InChI=1S/C16H31NO2/c1-13(2)14-5-3-4-6-15(14)17-11-16(12-18)7-9-19-10-8-16/h13-15,17-18H,3-12H2,1-2H3. The second-order valence-corrected chi connectivity index (χ2v) is 6.95. The topological polar surface area (TPSA) is 41.5 Å². The Bertz CT molecular complexity index is 261. The minimum Gasteiger partial charge on any atom is -0.396 e. The van der Waals surface area contributed by atoms with Crippen molar-refractivity contribution in [1.82, 2.24) is 5.32 Å². The highest BCUT2D eigenvalue weighted by Crippen LogP contribution is 2.33. The van der Waals surface area contributed by atoms with Gasteiger partial charge >= 0.3 is 0 Å². The van der Waals surface area contributed by atoms with E-state index in [1.807, 2.05) is 0 Å². The second-order valence-electron chi connectivity index (χ2n) is 6.95. The van der Waals surface area contributed by atoms with Crippen LogP contribution in [0, 0.1) is 17.3 Å². The lowest BCUT2D eigenvalue weighted by molar-refractivity contribution is -0.0186. The Morgan fingerprint density at radius 2 is 1.89 bits per heavy atom. The lowest BCUT2D eigenvalue weighted by Gasteiger charge is -2.40. The van der Waals surface area contributed by atoms with Crippen molar-refractivity contribution < 1.29 is 9.84 Å². The summed E-state index contributed by atoms with van der Waals surface area (Å²) < 4.78 is 5.44. The molecule has 0 spiro atoms. The van der Waals surface area contributed by atoms with Crippen molar-refractivity contribution >= 4 is 0 Å². The fourth-order valence-electron chi connectivity index (χ4n) is 3.75. The number of aliphatic hydroxyl groups excluding tert-OH is 1. The number of aliphatic hydroxyl groups is 1. The molecule has 2 fully saturated rings. The molecule has 0 aromatic heterocycles. The molecular weight excluding hydrogens is 238 g/mol. The summed E-state index contributed by atoms with van der Waals surface area (Å²) in [5.41, 5.74) is 0.0667. The first kappa shape index (κ1) is 15.3. The van der Waals surface area contributed by atoms with Gasteiger partial charge in [-0.3, -0.25) is 0 Å². The molecule has 1 heterocycles. The molecule has 2 rings (SSSR count). The van der Waals surface area contributed by atoms with Crippen molar-refractivity contribution in [3.05, 3.63) is 0 Å². The van der Waals surface area contributed by atoms with Crippen LogP contribution in [0.25, 0.3) is 0 Å². The maximum absolute atomic E-state index is 9.75. The zero-order valence-corrected chi connectivity index (χ0v) is 12.7. The van der Waals surface area contributed by atoms with E-state index in [2.05, 4.69) is 19.2 Å². The van der Waals surface area contributed by atoms with Crippen LogP contribution >= 0.6 is 0 Å². The van der Waals surface area contributed by atoms with E-state index in [1.165, 1.54) is 25.7 Å². The SMILES string of the molecule is CC(C)C1CCCCC1NCC1(CO)CCOCC1. The van der Waals surface area contributed by atoms with Gasteiger partial charge in [-0.05, 0) is 37.5 Å². The highest BCUT2D eigenvalue weighted by Gasteiger charge is 2.34. The largest absolute Gasteiger partial charge is 0.396 e. The van der Waals surface area contributed by atoms with Crippen LogP contribution in [0.5, 0.6) is 0 Å². The summed E-state index contributed by atoms with van der Waals surface area (Å²) in [6.07, 6.45) is 7.41. The van der Waals surface area contributed by atoms with Gasteiger partial charge in [0.15, 0.2) is 0 Å². The Hall–Kier alpha value is -0.120. The van der Waals surface area contributed by atoms with Crippen molar-refractivity contribution in [2.45, 2.75) is 58.4 Å². The molecule has 2 unspecified atom stereocenters. The average molecular weight is 269 g/mol. The predicted molar refractivity (Wildman–Crippen MR) is 78.2 cm³/mol. The van der Waals surface area contributed by atoms with Gasteiger partial charge < -0.3 is 15.2 Å². The molecule has 0 radical (unpaired) electrons. The molecule has 1 aliphatic carbocycles. The average Bonchev–Trinajstić information content (AvgIpc) is 2.46. The van der Waals surface area contributed by atoms with E-state index in [4.69, 9.17) is 4.74 Å². The molecule has 2 N–H and O–H groups in total. The lowest BCUT2D eigenvalue weighted by atomic mass is 9.76. The van der Waals surface area contributed by atoms with E-state index in [0.29, 0.717) is 12.6 Å². The maximum atomic E-state index is 9.75. The van der Waals surface area contributed by atoms with Crippen molar-refractivity contribution in [2.24, 2.45) is 17.3 Å². The number of hydrogen-bond acceptors (Lipinski definition) is 3. The van der Waals surface area contributed by atoms with Crippen LogP contribution in [0.15, 0.2) is 0 Å². The monoisotopic (exact) mass is 269 g/mol. The Morgan fingerprint density at radius 1 is 1.21 bits per heavy atom. The van der Waals surface area contributed by atoms with Crippen molar-refractivity contribution in [2.75, 3.05) is 26.4 Å². The molecule has 3 nitrogen and oxygen atoms in total. The summed E-state index contributed by atoms with van der Waals surface area (Å²) in [4.78, 5) is 0. The summed E-state index contributed by atoms with van der Waals surface area (Å²) >= 11 is 0. The maximum Gasteiger partial charge on any atom is 0.0501 e. The quantitative estimate of drug-likeness (QED) is 0.806. The van der Waals surface area contributed by atoms with Gasteiger partial charge in [0.05, 0.1) is 6.61 Å². The van der Waals surface area contributed by atoms with Gasteiger partial charge in [0, 0.05) is 31.2 Å². The molecule has 1 saturated carbocycles. The van der Waals surface area contributed by atoms with Crippen molar-refractivity contribution in [3.8, 4) is 0 Å². The molecular formula is C16H31NO2. The van der Waals surface area contributed by atoms with Crippen molar-refractivity contribution in [3.63, 3.8) is 0 Å². The summed E-state index contributed by atoms with van der Waals surface area (Å²) in [6.45, 7) is 7.56. The van der Waals surface area contributed by atoms with Gasteiger partial charge in [-0.25, -0.2) is 0 Å². The normalized spacial score (nSPS) is 31.6. The number of hydrogen-bond donors (Lipinski definition) is 2. The van der Waals surface area contributed by atoms with Crippen LogP contribution < -0.4 is 5.32 Å². The molecule has 0 bridgehead atoms. The highest BCUT2D eigenvalue weighted by atomic mass is 16.5. The van der Waals surface area contributed by atoms with Gasteiger partial charge in [0.1, 0.15) is 0 Å². The van der Waals surface area contributed by atoms with Crippen LogP contribution in [-0.4, -0.2) is 37.5 Å². The van der Waals surface area contributed by atoms with Crippen LogP contribution in [0.2, 0.25) is 0 Å². The third kappa shape index (κ3) is 3.93. The molecule has 0 aromatic rings. The smallest absolute Gasteiger partial charge is 0.0501 e.